The van der Waals surface area contributed by atoms with E-state index in [9.17, 15) is 36.0 Å². The number of ether oxygens (including phenoxy) is 1. The molecule has 3 rings (SSSR count). The number of alkyl halides is 3. The summed E-state index contributed by atoms with van der Waals surface area (Å²) in [5, 5.41) is 2.74. The van der Waals surface area contributed by atoms with Crippen LogP contribution in [0.5, 0.6) is 0 Å². The van der Waals surface area contributed by atoms with Gasteiger partial charge in [0.05, 0.1) is 18.0 Å². The molecular weight excluding hydrogens is 505 g/mol. The minimum atomic E-state index is -5.13. The van der Waals surface area contributed by atoms with Gasteiger partial charge in [0, 0.05) is 24.9 Å². The summed E-state index contributed by atoms with van der Waals surface area (Å²) in [5.41, 5.74) is 4.31. The van der Waals surface area contributed by atoms with E-state index in [4.69, 9.17) is 4.74 Å². The lowest BCUT2D eigenvalue weighted by atomic mass is 10.1. The van der Waals surface area contributed by atoms with E-state index >= 15 is 0 Å². The monoisotopic (exact) mass is 528 g/mol. The maximum Gasteiger partial charge on any atom is 0.472 e. The van der Waals surface area contributed by atoms with Gasteiger partial charge in [0.15, 0.2) is 9.84 Å². The van der Waals surface area contributed by atoms with Crippen molar-refractivity contribution >= 4 is 27.7 Å². The number of nitrogens with zero attached hydrogens (tertiary/aromatic N) is 1. The first-order valence-electron chi connectivity index (χ1n) is 10.6. The van der Waals surface area contributed by atoms with Crippen LogP contribution < -0.4 is 16.2 Å². The van der Waals surface area contributed by atoms with Crippen LogP contribution in [0.1, 0.15) is 27.6 Å². The number of carbonyl (C=O) groups excluding carboxylic acids is 3. The van der Waals surface area contributed by atoms with Gasteiger partial charge in [0.25, 0.3) is 5.91 Å². The molecule has 36 heavy (non-hydrogen) atoms. The minimum absolute atomic E-state index is 0.00506. The molecule has 14 heteroatoms. The number of sulfone groups is 1. The fourth-order valence-electron chi connectivity index (χ4n) is 3.29. The number of carbonyl (C=O) groups is 3. The van der Waals surface area contributed by atoms with Crippen LogP contribution in [-0.4, -0.2) is 63.3 Å². The molecule has 2 aromatic rings. The maximum atomic E-state index is 12.6. The summed E-state index contributed by atoms with van der Waals surface area (Å²) in [5.74, 6) is -3.24. The Morgan fingerprint density at radius 2 is 1.67 bits per heavy atom. The molecule has 0 aliphatic carbocycles. The van der Waals surface area contributed by atoms with Crippen molar-refractivity contribution in [2.45, 2.75) is 23.7 Å². The third kappa shape index (κ3) is 7.18. The van der Waals surface area contributed by atoms with Crippen LogP contribution in [0.15, 0.2) is 53.4 Å². The summed E-state index contributed by atoms with van der Waals surface area (Å²) in [7, 11) is -3.32. The van der Waals surface area contributed by atoms with Crippen LogP contribution in [0.2, 0.25) is 0 Å². The number of halogens is 3. The molecule has 0 radical (unpaired) electrons. The van der Waals surface area contributed by atoms with E-state index < -0.39 is 33.9 Å². The van der Waals surface area contributed by atoms with Crippen molar-refractivity contribution in [1.29, 1.82) is 0 Å². The van der Waals surface area contributed by atoms with E-state index in [1.807, 2.05) is 0 Å². The first kappa shape index (κ1) is 26.9. The Balaban J connectivity index is 1.50. The SMILES string of the molecule is CS(=O)(=O)c1ccc(C2CN(C(=O)NCc3ccc(C(=O)NNC(=O)C(F)(F)F)cc3)CCO2)cc1. The standard InChI is InChI=1S/C22H23F3N4O6S/c1-36(33,34)17-8-6-15(7-9-17)18-13-29(10-11-35-18)21(32)26-12-14-2-4-16(5-3-14)19(30)27-28-20(31)22(23,24)25/h2-9,18H,10-13H2,1H3,(H,26,32)(H,27,30)(H,28,31). The molecule has 1 aliphatic heterocycles. The molecule has 0 spiro atoms. The molecule has 10 nitrogen and oxygen atoms in total. The van der Waals surface area contributed by atoms with E-state index in [0.717, 1.165) is 11.8 Å². The van der Waals surface area contributed by atoms with Gasteiger partial charge in [-0.1, -0.05) is 24.3 Å². The first-order chi connectivity index (χ1) is 16.8. The van der Waals surface area contributed by atoms with Gasteiger partial charge < -0.3 is 15.0 Å². The molecular formula is C22H23F3N4O6S. The highest BCUT2D eigenvalue weighted by molar-refractivity contribution is 7.90. The zero-order chi connectivity index (χ0) is 26.5. The van der Waals surface area contributed by atoms with Crippen molar-refractivity contribution in [2.24, 2.45) is 0 Å². The average Bonchev–Trinajstić information content (AvgIpc) is 2.85. The van der Waals surface area contributed by atoms with Crippen LogP contribution in [0.25, 0.3) is 0 Å². The summed E-state index contributed by atoms with van der Waals surface area (Å²) in [6, 6.07) is 11.6. The van der Waals surface area contributed by atoms with Crippen LogP contribution in [0.4, 0.5) is 18.0 Å². The second kappa shape index (κ2) is 11.0. The summed E-state index contributed by atoms with van der Waals surface area (Å²) in [6.45, 7) is 1.02. The number of hydrogen-bond acceptors (Lipinski definition) is 6. The highest BCUT2D eigenvalue weighted by atomic mass is 32.2. The molecule has 4 amide bonds. The zero-order valence-electron chi connectivity index (χ0n) is 19.0. The fraction of sp³-hybridized carbons (Fsp3) is 0.318. The molecule has 2 aromatic carbocycles. The molecule has 1 atom stereocenters. The minimum Gasteiger partial charge on any atom is -0.370 e. The van der Waals surface area contributed by atoms with Gasteiger partial charge in [-0.15, -0.1) is 0 Å². The summed E-state index contributed by atoms with van der Waals surface area (Å²) in [4.78, 5) is 37.0. The quantitative estimate of drug-likeness (QED) is 0.506. The Kier molecular flexibility index (Phi) is 8.20. The van der Waals surface area contributed by atoms with Gasteiger partial charge in [0.1, 0.15) is 6.10 Å². The van der Waals surface area contributed by atoms with Crippen molar-refractivity contribution in [3.63, 3.8) is 0 Å². The highest BCUT2D eigenvalue weighted by Crippen LogP contribution is 2.24. The maximum absolute atomic E-state index is 12.6. The van der Waals surface area contributed by atoms with E-state index in [2.05, 4.69) is 5.32 Å². The van der Waals surface area contributed by atoms with Gasteiger partial charge >= 0.3 is 18.1 Å². The Labute approximate surface area is 204 Å². The molecule has 194 valence electrons. The Bertz CT molecular complexity index is 1220. The number of hydrogen-bond donors (Lipinski definition) is 3. The van der Waals surface area contributed by atoms with Crippen LogP contribution in [-0.2, 0) is 25.9 Å². The Morgan fingerprint density at radius 1 is 1.03 bits per heavy atom. The van der Waals surface area contributed by atoms with Gasteiger partial charge in [-0.3, -0.25) is 20.4 Å². The molecule has 3 N–H and O–H groups in total. The number of benzene rings is 2. The molecule has 1 saturated heterocycles. The first-order valence-corrected chi connectivity index (χ1v) is 12.4. The van der Waals surface area contributed by atoms with E-state index in [0.29, 0.717) is 18.7 Å². The van der Waals surface area contributed by atoms with E-state index in [-0.39, 0.29) is 29.6 Å². The Hall–Kier alpha value is -3.65. The number of urea groups is 1. The summed E-state index contributed by atoms with van der Waals surface area (Å²) in [6.07, 6.45) is -4.43. The molecule has 0 saturated carbocycles. The van der Waals surface area contributed by atoms with Gasteiger partial charge in [-0.25, -0.2) is 13.2 Å². The van der Waals surface area contributed by atoms with Crippen LogP contribution >= 0.6 is 0 Å². The van der Waals surface area contributed by atoms with Crippen LogP contribution in [0, 0.1) is 0 Å². The Morgan fingerprint density at radius 3 is 2.25 bits per heavy atom. The molecule has 1 heterocycles. The van der Waals surface area contributed by atoms with Crippen molar-refractivity contribution < 1.29 is 40.7 Å². The normalized spacial score (nSPS) is 16.2. The number of amides is 4. The fourth-order valence-corrected chi connectivity index (χ4v) is 3.92. The largest absolute Gasteiger partial charge is 0.472 e. The van der Waals surface area contributed by atoms with Crippen molar-refractivity contribution in [1.82, 2.24) is 21.1 Å². The lowest BCUT2D eigenvalue weighted by molar-refractivity contribution is -0.174. The topological polar surface area (TPSA) is 134 Å². The van der Waals surface area contributed by atoms with Crippen molar-refractivity contribution in [3.05, 3.63) is 65.2 Å². The lowest BCUT2D eigenvalue weighted by Crippen LogP contribution is -2.47. The lowest BCUT2D eigenvalue weighted by Gasteiger charge is -2.33. The predicted molar refractivity (Wildman–Crippen MR) is 120 cm³/mol. The number of nitrogens with one attached hydrogen (secondary N) is 3. The number of hydrazine groups is 1. The van der Waals surface area contributed by atoms with Gasteiger partial charge in [-0.2, -0.15) is 13.2 Å². The highest BCUT2D eigenvalue weighted by Gasteiger charge is 2.39. The summed E-state index contributed by atoms with van der Waals surface area (Å²) >= 11 is 0. The second-order valence-electron chi connectivity index (χ2n) is 7.91. The molecule has 1 aliphatic rings. The summed E-state index contributed by atoms with van der Waals surface area (Å²) < 4.78 is 65.5. The molecule has 1 fully saturated rings. The smallest absolute Gasteiger partial charge is 0.370 e. The van der Waals surface area contributed by atoms with Gasteiger partial charge in [0.2, 0.25) is 0 Å². The third-order valence-corrected chi connectivity index (χ3v) is 6.37. The van der Waals surface area contributed by atoms with Crippen LogP contribution in [0.3, 0.4) is 0 Å². The van der Waals surface area contributed by atoms with Crippen molar-refractivity contribution in [3.8, 4) is 0 Å². The number of morpholine rings is 1. The van der Waals surface area contributed by atoms with E-state index in [1.54, 1.807) is 22.5 Å². The predicted octanol–water partition coefficient (Wildman–Crippen LogP) is 1.70. The molecule has 0 bridgehead atoms. The molecule has 0 aromatic heterocycles. The van der Waals surface area contributed by atoms with E-state index in [1.165, 1.54) is 41.8 Å². The van der Waals surface area contributed by atoms with Gasteiger partial charge in [-0.05, 0) is 35.4 Å². The average molecular weight is 529 g/mol. The second-order valence-corrected chi connectivity index (χ2v) is 9.92. The molecule has 1 unspecified atom stereocenters. The van der Waals surface area contributed by atoms with Crippen molar-refractivity contribution in [2.75, 3.05) is 26.0 Å². The zero-order valence-corrected chi connectivity index (χ0v) is 19.8. The third-order valence-electron chi connectivity index (χ3n) is 5.24. The number of rotatable bonds is 5.